The molecule has 8 aromatic rings. The number of Topliss-reactive ketones (excluding diaryl/α,β-unsaturated/α-hetero) is 4. The summed E-state index contributed by atoms with van der Waals surface area (Å²) in [5, 5.41) is 0. The van der Waals surface area contributed by atoms with Crippen LogP contribution in [0.15, 0.2) is 159 Å². The van der Waals surface area contributed by atoms with E-state index >= 15 is 8.78 Å². The zero-order valence-corrected chi connectivity index (χ0v) is 45.5. The van der Waals surface area contributed by atoms with Gasteiger partial charge in [0.15, 0.2) is 57.8 Å². The van der Waals surface area contributed by atoms with E-state index in [4.69, 9.17) is 24.7 Å². The lowest BCUT2D eigenvalue weighted by molar-refractivity contribution is -0.120. The highest BCUT2D eigenvalue weighted by molar-refractivity contribution is 9.10. The van der Waals surface area contributed by atoms with E-state index < -0.39 is 46.4 Å². The van der Waals surface area contributed by atoms with E-state index in [2.05, 4.69) is 35.9 Å². The second kappa shape index (κ2) is 23.4. The first-order chi connectivity index (χ1) is 38.3. The number of anilines is 1. The Morgan fingerprint density at radius 3 is 1.36 bits per heavy atom. The highest BCUT2D eigenvalue weighted by Crippen LogP contribution is 2.39. The van der Waals surface area contributed by atoms with Gasteiger partial charge in [0.25, 0.3) is 0 Å². The molecule has 2 aliphatic carbocycles. The van der Waals surface area contributed by atoms with Gasteiger partial charge in [-0.1, -0.05) is 58.7 Å². The summed E-state index contributed by atoms with van der Waals surface area (Å²) in [6.07, 6.45) is 3.54. The molecule has 0 spiro atoms. The molecular formula is C62H48BrF4N5O8. The summed E-state index contributed by atoms with van der Waals surface area (Å²) >= 11 is 3.37. The van der Waals surface area contributed by atoms with Crippen LogP contribution in [0.4, 0.5) is 23.2 Å². The number of rotatable bonds is 14. The van der Waals surface area contributed by atoms with Crippen molar-refractivity contribution in [2.75, 3.05) is 20.0 Å². The fourth-order valence-electron chi connectivity index (χ4n) is 9.67. The van der Waals surface area contributed by atoms with Crippen LogP contribution in [-0.4, -0.2) is 57.3 Å². The lowest BCUT2D eigenvalue weighted by Crippen LogP contribution is -2.22. The lowest BCUT2D eigenvalue weighted by Gasteiger charge is -2.21. The molecule has 0 saturated carbocycles. The zero-order valence-electron chi connectivity index (χ0n) is 43.9. The van der Waals surface area contributed by atoms with Gasteiger partial charge in [-0.25, -0.2) is 27.5 Å². The highest BCUT2D eigenvalue weighted by atomic mass is 79.9. The molecule has 18 heteroatoms. The summed E-state index contributed by atoms with van der Waals surface area (Å²) in [5.41, 5.74) is 13.6. The van der Waals surface area contributed by atoms with Gasteiger partial charge in [0.1, 0.15) is 22.7 Å². The molecule has 404 valence electrons. The average Bonchev–Trinajstić information content (AvgIpc) is 3.51. The van der Waals surface area contributed by atoms with Crippen LogP contribution in [0.25, 0.3) is 33.2 Å². The van der Waals surface area contributed by atoms with Crippen molar-refractivity contribution in [2.45, 2.75) is 53.4 Å². The van der Waals surface area contributed by atoms with Crippen LogP contribution in [0.1, 0.15) is 62.8 Å². The largest absolute Gasteiger partial charge is 0.480 e. The highest BCUT2D eigenvalue weighted by Gasteiger charge is 2.32. The van der Waals surface area contributed by atoms with E-state index in [1.807, 2.05) is 13.8 Å². The summed E-state index contributed by atoms with van der Waals surface area (Å²) in [4.78, 5) is 70.6. The van der Waals surface area contributed by atoms with Gasteiger partial charge in [-0.2, -0.15) is 0 Å². The number of ether oxygens (including phenoxy) is 4. The van der Waals surface area contributed by atoms with E-state index in [0.29, 0.717) is 95.5 Å². The number of hydrogen-bond acceptors (Lipinski definition) is 13. The zero-order chi connectivity index (χ0) is 57.1. The Hall–Kier alpha value is -9.16. The number of nitrogen functional groups attached to an aromatic ring is 1. The van der Waals surface area contributed by atoms with Crippen molar-refractivity contribution in [3.05, 3.63) is 205 Å². The van der Waals surface area contributed by atoms with Crippen LogP contribution in [0.2, 0.25) is 0 Å². The number of pyridine rings is 4. The Morgan fingerprint density at radius 2 is 0.950 bits per heavy atom. The van der Waals surface area contributed by atoms with Gasteiger partial charge in [-0.05, 0) is 139 Å². The van der Waals surface area contributed by atoms with E-state index in [-0.39, 0.29) is 52.9 Å². The normalized spacial score (nSPS) is 13.7. The van der Waals surface area contributed by atoms with Gasteiger partial charge in [0.05, 0.1) is 46.6 Å². The first-order valence-corrected chi connectivity index (χ1v) is 25.6. The Bertz CT molecular complexity index is 3750. The van der Waals surface area contributed by atoms with Crippen molar-refractivity contribution in [3.63, 3.8) is 0 Å². The van der Waals surface area contributed by atoms with Crippen LogP contribution in [0.5, 0.6) is 34.8 Å². The molecule has 4 heterocycles. The van der Waals surface area contributed by atoms with Crippen molar-refractivity contribution in [1.29, 1.82) is 0 Å². The number of carbonyl (C=O) groups excluding carboxylic acids is 4. The Kier molecular flexibility index (Phi) is 16.3. The number of nitrogens with two attached hydrogens (primary N) is 1. The second-order valence-corrected chi connectivity index (χ2v) is 19.9. The minimum Gasteiger partial charge on any atom is -0.480 e. The van der Waals surface area contributed by atoms with Crippen molar-refractivity contribution in [3.8, 4) is 34.8 Å². The number of allylic oxidation sites excluding steroid dienone is 8. The predicted molar refractivity (Wildman–Crippen MR) is 297 cm³/mol. The maximum atomic E-state index is 15.1. The molecule has 2 N–H and O–H groups in total. The number of hydrogen-bond donors (Lipinski definition) is 1. The van der Waals surface area contributed by atoms with Crippen molar-refractivity contribution in [2.24, 2.45) is 0 Å². The van der Waals surface area contributed by atoms with Gasteiger partial charge in [0.2, 0.25) is 11.8 Å². The number of methoxy groups -OCH3 is 2. The number of ketones is 4. The third-order valence-corrected chi connectivity index (χ3v) is 13.9. The Morgan fingerprint density at radius 1 is 0.537 bits per heavy atom. The molecule has 0 fully saturated rings. The summed E-state index contributed by atoms with van der Waals surface area (Å²) in [5.74, 6) is -2.95. The average molecular weight is 1150 g/mol. The minimum absolute atomic E-state index is 0.0614. The number of benzene rings is 4. The SMILES string of the molecule is COc1nc2c(Oc3ccc(CC(=O)C4=C(C)CC(C)=C(c5ccc(F)cc5)C4=O)cc3F)ccnc2cc1Br.COc1nc2c(Oc3ccc(CC(=O)C4=C(C)CC(C)=C(c5ccc(F)cc5)C4=O)cc3F)ccnc2cc1N. The molecule has 0 radical (unpaired) electrons. The molecule has 0 saturated heterocycles. The summed E-state index contributed by atoms with van der Waals surface area (Å²) in [6, 6.07) is 26.0. The first-order valence-electron chi connectivity index (χ1n) is 24.8. The second-order valence-electron chi connectivity index (χ2n) is 19.0. The maximum Gasteiger partial charge on any atom is 0.237 e. The molecule has 13 nitrogen and oxygen atoms in total. The molecule has 0 bridgehead atoms. The van der Waals surface area contributed by atoms with Crippen LogP contribution in [0.3, 0.4) is 0 Å². The van der Waals surface area contributed by atoms with Crippen LogP contribution in [0, 0.1) is 23.3 Å². The fourth-order valence-corrected chi connectivity index (χ4v) is 10.1. The monoisotopic (exact) mass is 1150 g/mol. The minimum atomic E-state index is -0.693. The molecule has 2 aliphatic rings. The molecule has 80 heavy (non-hydrogen) atoms. The van der Waals surface area contributed by atoms with Gasteiger partial charge in [-0.3, -0.25) is 29.1 Å². The first kappa shape index (κ1) is 55.6. The van der Waals surface area contributed by atoms with Crippen LogP contribution < -0.4 is 24.7 Å². The number of carbonyl (C=O) groups is 4. The number of halogens is 5. The van der Waals surface area contributed by atoms with E-state index in [1.165, 1.54) is 99.4 Å². The number of fused-ring (bicyclic) bond motifs is 2. The summed E-state index contributed by atoms with van der Waals surface area (Å²) in [7, 11) is 2.91. The van der Waals surface area contributed by atoms with Crippen molar-refractivity contribution < 1.29 is 55.7 Å². The summed E-state index contributed by atoms with van der Waals surface area (Å²) in [6.45, 7) is 7.13. The molecule has 4 aromatic heterocycles. The standard InChI is InChI=1S/C31H23BrF2N2O4.C31H25F2N3O4/c1-16-12-17(2)28(30(38)27(16)19-5-7-20(33)8-6-19)24(37)14-18-4-9-25(22(34)13-18)40-26-10-11-35-23-15-21(32)31(39-3)36-29(23)26;1-16-12-17(2)28(30(38)27(16)19-5-7-20(32)8-6-19)24(37)14-18-4-9-25(21(33)13-18)40-26-10-11-35-23-15-22(34)31(39-3)36-29(23)26/h4-11,13,15H,12,14H2,1-3H3;4-11,13,15H,12,14,34H2,1-3H3. The fraction of sp³-hybridized carbons (Fsp3) is 0.161. The predicted octanol–water partition coefficient (Wildman–Crippen LogP) is 13.5. The van der Waals surface area contributed by atoms with Gasteiger partial charge >= 0.3 is 0 Å². The maximum absolute atomic E-state index is 15.1. The molecular weight excluding hydrogens is 1100 g/mol. The topological polar surface area (TPSA) is 183 Å². The van der Waals surface area contributed by atoms with Gasteiger partial charge < -0.3 is 24.7 Å². The third kappa shape index (κ3) is 11.7. The lowest BCUT2D eigenvalue weighted by atomic mass is 9.80. The van der Waals surface area contributed by atoms with E-state index in [0.717, 1.165) is 11.1 Å². The van der Waals surface area contributed by atoms with Crippen molar-refractivity contribution >= 4 is 78.0 Å². The van der Waals surface area contributed by atoms with Gasteiger partial charge in [-0.15, -0.1) is 0 Å². The molecule has 0 amide bonds. The third-order valence-electron chi connectivity index (χ3n) is 13.3. The van der Waals surface area contributed by atoms with E-state index in [1.54, 1.807) is 50.2 Å². The molecule has 10 rings (SSSR count). The quantitative estimate of drug-likeness (QED) is 0.0802. The molecule has 0 aliphatic heterocycles. The van der Waals surface area contributed by atoms with Crippen LogP contribution >= 0.6 is 15.9 Å². The molecule has 0 unspecified atom stereocenters. The van der Waals surface area contributed by atoms with Crippen LogP contribution in [-0.2, 0) is 32.0 Å². The molecule has 0 atom stereocenters. The number of aromatic nitrogens is 4. The van der Waals surface area contributed by atoms with Gasteiger partial charge in [0, 0.05) is 48.5 Å². The Balaban J connectivity index is 0.000000194. The van der Waals surface area contributed by atoms with E-state index in [9.17, 15) is 28.0 Å². The van der Waals surface area contributed by atoms with Crippen molar-refractivity contribution in [1.82, 2.24) is 19.9 Å². The number of nitrogens with zero attached hydrogens (tertiary/aromatic N) is 4. The molecule has 4 aromatic carbocycles. The smallest absolute Gasteiger partial charge is 0.237 e. The summed E-state index contributed by atoms with van der Waals surface area (Å²) < 4.78 is 79.8. The Labute approximate surface area is 464 Å².